The molecular weight excluding hydrogens is 176 g/mol. The summed E-state index contributed by atoms with van der Waals surface area (Å²) >= 11 is 0. The molecule has 0 aromatic heterocycles. The van der Waals surface area contributed by atoms with Crippen LogP contribution in [0.25, 0.3) is 0 Å². The highest BCUT2D eigenvalue weighted by Crippen LogP contribution is 2.22. The first-order valence-electron chi connectivity index (χ1n) is 4.90. The molecule has 14 heavy (non-hydrogen) atoms. The summed E-state index contributed by atoms with van der Waals surface area (Å²) in [4.78, 5) is 10.8. The second-order valence-electron chi connectivity index (χ2n) is 3.64. The fourth-order valence-electron chi connectivity index (χ4n) is 1.85. The van der Waals surface area contributed by atoms with Crippen molar-refractivity contribution in [1.29, 1.82) is 0 Å². The summed E-state index contributed by atoms with van der Waals surface area (Å²) < 4.78 is 0. The topological polar surface area (TPSA) is 55.1 Å². The summed E-state index contributed by atoms with van der Waals surface area (Å²) in [6.45, 7) is 1.09. The Hall–Kier alpha value is -1.35. The van der Waals surface area contributed by atoms with Crippen LogP contribution in [0.1, 0.15) is 34.8 Å². The van der Waals surface area contributed by atoms with Gasteiger partial charge in [0.25, 0.3) is 0 Å². The molecule has 1 aliphatic heterocycles. The molecule has 1 heterocycles. The summed E-state index contributed by atoms with van der Waals surface area (Å²) in [5.41, 5.74) is 6.98. The van der Waals surface area contributed by atoms with Gasteiger partial charge in [0.1, 0.15) is 0 Å². The molecule has 0 bridgehead atoms. The fraction of sp³-hybridized carbons (Fsp3) is 0.364. The van der Waals surface area contributed by atoms with E-state index in [2.05, 4.69) is 5.32 Å². The predicted octanol–water partition coefficient (Wildman–Crippen LogP) is 1.21. The molecule has 0 radical (unpaired) electrons. The van der Waals surface area contributed by atoms with Crippen LogP contribution in [0.4, 0.5) is 0 Å². The lowest BCUT2D eigenvalue weighted by molar-refractivity contribution is 0.100. The molecule has 1 unspecified atom stereocenters. The second-order valence-corrected chi connectivity index (χ2v) is 3.64. The molecule has 1 aliphatic rings. The molecule has 3 N–H and O–H groups in total. The van der Waals surface area contributed by atoms with Gasteiger partial charge in [0.05, 0.1) is 0 Å². The van der Waals surface area contributed by atoms with E-state index in [0.717, 1.165) is 6.54 Å². The van der Waals surface area contributed by atoms with E-state index in [-0.39, 0.29) is 5.91 Å². The third-order valence-electron chi connectivity index (χ3n) is 2.66. The molecule has 1 atom stereocenters. The second kappa shape index (κ2) is 3.80. The smallest absolute Gasteiger partial charge is 0.248 e. The van der Waals surface area contributed by atoms with Gasteiger partial charge in [0, 0.05) is 11.6 Å². The van der Waals surface area contributed by atoms with Crippen molar-refractivity contribution in [3.8, 4) is 0 Å². The minimum Gasteiger partial charge on any atom is -0.366 e. The number of carbonyl (C=O) groups is 1. The lowest BCUT2D eigenvalue weighted by Gasteiger charge is -2.10. The van der Waals surface area contributed by atoms with E-state index in [1.54, 1.807) is 12.1 Å². The predicted molar refractivity (Wildman–Crippen MR) is 54.9 cm³/mol. The van der Waals surface area contributed by atoms with E-state index in [0.29, 0.717) is 11.6 Å². The number of primary amides is 1. The van der Waals surface area contributed by atoms with Crippen molar-refractivity contribution in [3.05, 3.63) is 35.4 Å². The number of nitrogens with one attached hydrogen (secondary N) is 1. The molecule has 1 saturated heterocycles. The number of carbonyl (C=O) groups excluding carboxylic acids is 1. The van der Waals surface area contributed by atoms with Gasteiger partial charge in [-0.15, -0.1) is 0 Å². The fourth-order valence-corrected chi connectivity index (χ4v) is 1.85. The number of rotatable bonds is 2. The van der Waals surface area contributed by atoms with Crippen LogP contribution in [0.5, 0.6) is 0 Å². The molecular formula is C11H14N2O. The first-order chi connectivity index (χ1) is 6.77. The van der Waals surface area contributed by atoms with Crippen molar-refractivity contribution < 1.29 is 4.79 Å². The maximum absolute atomic E-state index is 10.8. The zero-order valence-electron chi connectivity index (χ0n) is 7.99. The minimum absolute atomic E-state index is 0.365. The Bertz CT molecular complexity index is 326. The van der Waals surface area contributed by atoms with Crippen LogP contribution in [-0.4, -0.2) is 12.5 Å². The van der Waals surface area contributed by atoms with Gasteiger partial charge in [0.15, 0.2) is 0 Å². The Labute approximate surface area is 83.3 Å². The molecule has 3 nitrogen and oxygen atoms in total. The third-order valence-corrected chi connectivity index (χ3v) is 2.66. The van der Waals surface area contributed by atoms with E-state index >= 15 is 0 Å². The highest BCUT2D eigenvalue weighted by atomic mass is 16.1. The highest BCUT2D eigenvalue weighted by Gasteiger charge is 2.15. The van der Waals surface area contributed by atoms with Gasteiger partial charge in [-0.3, -0.25) is 4.79 Å². The van der Waals surface area contributed by atoms with Crippen LogP contribution >= 0.6 is 0 Å². The summed E-state index contributed by atoms with van der Waals surface area (Å²) in [6, 6.07) is 7.98. The van der Waals surface area contributed by atoms with E-state index < -0.39 is 0 Å². The molecule has 2 rings (SSSR count). The highest BCUT2D eigenvalue weighted by molar-refractivity contribution is 5.92. The first kappa shape index (κ1) is 9.21. The van der Waals surface area contributed by atoms with Crippen molar-refractivity contribution in [1.82, 2.24) is 5.32 Å². The van der Waals surface area contributed by atoms with Crippen LogP contribution in [0, 0.1) is 0 Å². The molecule has 0 saturated carbocycles. The Balaban J connectivity index is 2.16. The molecule has 0 aliphatic carbocycles. The van der Waals surface area contributed by atoms with E-state index in [1.807, 2.05) is 12.1 Å². The van der Waals surface area contributed by atoms with E-state index in [4.69, 9.17) is 5.73 Å². The number of hydrogen-bond donors (Lipinski definition) is 2. The van der Waals surface area contributed by atoms with Gasteiger partial charge >= 0.3 is 0 Å². The summed E-state index contributed by atoms with van der Waals surface area (Å²) in [7, 11) is 0. The Morgan fingerprint density at radius 1 is 1.36 bits per heavy atom. The van der Waals surface area contributed by atoms with Gasteiger partial charge < -0.3 is 11.1 Å². The summed E-state index contributed by atoms with van der Waals surface area (Å²) in [5.74, 6) is -0.365. The van der Waals surface area contributed by atoms with Crippen molar-refractivity contribution in [2.24, 2.45) is 5.73 Å². The standard InChI is InChI=1S/C11H14N2O/c12-11(14)9-5-3-8(4-6-9)10-2-1-7-13-10/h3-6,10,13H,1-2,7H2,(H2,12,14). The van der Waals surface area contributed by atoms with E-state index in [9.17, 15) is 4.79 Å². The first-order valence-corrected chi connectivity index (χ1v) is 4.90. The maximum Gasteiger partial charge on any atom is 0.248 e. The number of amides is 1. The number of benzene rings is 1. The largest absolute Gasteiger partial charge is 0.366 e. The average molecular weight is 190 g/mol. The Morgan fingerprint density at radius 3 is 2.57 bits per heavy atom. The van der Waals surface area contributed by atoms with Crippen LogP contribution in [0.2, 0.25) is 0 Å². The number of hydrogen-bond acceptors (Lipinski definition) is 2. The van der Waals surface area contributed by atoms with Gasteiger partial charge in [-0.05, 0) is 37.1 Å². The Kier molecular flexibility index (Phi) is 2.50. The number of nitrogens with two attached hydrogens (primary N) is 1. The van der Waals surface area contributed by atoms with Crippen LogP contribution in [-0.2, 0) is 0 Å². The zero-order valence-corrected chi connectivity index (χ0v) is 7.99. The summed E-state index contributed by atoms with van der Waals surface area (Å²) in [6.07, 6.45) is 2.40. The molecule has 1 fully saturated rings. The minimum atomic E-state index is -0.365. The SMILES string of the molecule is NC(=O)c1ccc(C2CCCN2)cc1. The quantitative estimate of drug-likeness (QED) is 0.736. The maximum atomic E-state index is 10.8. The molecule has 1 aromatic carbocycles. The molecule has 3 heteroatoms. The molecule has 74 valence electrons. The molecule has 1 amide bonds. The van der Waals surface area contributed by atoms with Gasteiger partial charge in [-0.25, -0.2) is 0 Å². The lowest BCUT2D eigenvalue weighted by Crippen LogP contribution is -2.14. The van der Waals surface area contributed by atoms with Crippen molar-refractivity contribution >= 4 is 5.91 Å². The normalized spacial score (nSPS) is 21.0. The van der Waals surface area contributed by atoms with Crippen LogP contribution in [0.15, 0.2) is 24.3 Å². The zero-order chi connectivity index (χ0) is 9.97. The van der Waals surface area contributed by atoms with Crippen molar-refractivity contribution in [2.45, 2.75) is 18.9 Å². The lowest BCUT2D eigenvalue weighted by atomic mass is 10.0. The van der Waals surface area contributed by atoms with Crippen LogP contribution in [0.3, 0.4) is 0 Å². The van der Waals surface area contributed by atoms with Gasteiger partial charge in [-0.2, -0.15) is 0 Å². The molecule has 1 aromatic rings. The van der Waals surface area contributed by atoms with Gasteiger partial charge in [-0.1, -0.05) is 12.1 Å². The van der Waals surface area contributed by atoms with Crippen molar-refractivity contribution in [2.75, 3.05) is 6.54 Å². The average Bonchev–Trinajstić information content (AvgIpc) is 2.71. The van der Waals surface area contributed by atoms with Crippen LogP contribution < -0.4 is 11.1 Å². The van der Waals surface area contributed by atoms with Gasteiger partial charge in [0.2, 0.25) is 5.91 Å². The van der Waals surface area contributed by atoms with Crippen molar-refractivity contribution in [3.63, 3.8) is 0 Å². The summed E-state index contributed by atoms with van der Waals surface area (Å²) in [5, 5.41) is 3.41. The Morgan fingerprint density at radius 2 is 2.07 bits per heavy atom. The molecule has 0 spiro atoms. The monoisotopic (exact) mass is 190 g/mol. The van der Waals surface area contributed by atoms with E-state index in [1.165, 1.54) is 18.4 Å². The third kappa shape index (κ3) is 1.77.